The maximum Gasteiger partial charge on any atom is 0.220 e. The summed E-state index contributed by atoms with van der Waals surface area (Å²) in [6.07, 6.45) is 7.62. The van der Waals surface area contributed by atoms with Crippen LogP contribution in [-0.2, 0) is 11.2 Å². The van der Waals surface area contributed by atoms with Crippen molar-refractivity contribution in [1.82, 2.24) is 10.3 Å². The van der Waals surface area contributed by atoms with Gasteiger partial charge in [0.2, 0.25) is 5.91 Å². The third kappa shape index (κ3) is 6.91. The molecular weight excluding hydrogens is 240 g/mol. The minimum Gasteiger partial charge on any atom is -0.396 e. The Labute approximate surface area is 115 Å². The van der Waals surface area contributed by atoms with E-state index < -0.39 is 0 Å². The Morgan fingerprint density at radius 2 is 2.32 bits per heavy atom. The van der Waals surface area contributed by atoms with Gasteiger partial charge in [-0.05, 0) is 36.8 Å². The molecule has 0 aliphatic rings. The molecule has 1 aromatic rings. The van der Waals surface area contributed by atoms with Crippen LogP contribution in [0.25, 0.3) is 0 Å². The number of aliphatic hydroxyl groups is 1. The standard InChI is InChI=1S/C15H24N2O2/c1-2-4-13(8-10-18)12-17-15(19)7-6-14-5-3-9-16-11-14/h3,5,9,11,13,18H,2,4,6-8,10,12H2,1H3,(H,17,19). The van der Waals surface area contributed by atoms with Crippen molar-refractivity contribution in [1.29, 1.82) is 0 Å². The van der Waals surface area contributed by atoms with Gasteiger partial charge in [-0.2, -0.15) is 0 Å². The Morgan fingerprint density at radius 3 is 2.95 bits per heavy atom. The van der Waals surface area contributed by atoms with Gasteiger partial charge in [0.25, 0.3) is 0 Å². The van der Waals surface area contributed by atoms with Crippen molar-refractivity contribution in [3.8, 4) is 0 Å². The molecule has 0 aliphatic heterocycles. The molecule has 2 N–H and O–H groups in total. The molecule has 0 saturated heterocycles. The highest BCUT2D eigenvalue weighted by Crippen LogP contribution is 2.09. The van der Waals surface area contributed by atoms with E-state index >= 15 is 0 Å². The summed E-state index contributed by atoms with van der Waals surface area (Å²) >= 11 is 0. The number of carbonyl (C=O) groups is 1. The number of pyridine rings is 1. The zero-order valence-corrected chi connectivity index (χ0v) is 11.6. The SMILES string of the molecule is CCCC(CCO)CNC(=O)CCc1cccnc1. The second-order valence-corrected chi connectivity index (χ2v) is 4.83. The molecule has 0 spiro atoms. The van der Waals surface area contributed by atoms with E-state index in [1.165, 1.54) is 0 Å². The van der Waals surface area contributed by atoms with Gasteiger partial charge in [-0.1, -0.05) is 19.4 Å². The molecule has 19 heavy (non-hydrogen) atoms. The topological polar surface area (TPSA) is 62.2 Å². The molecule has 0 saturated carbocycles. The Kier molecular flexibility index (Phi) is 7.82. The van der Waals surface area contributed by atoms with E-state index in [0.717, 1.165) is 31.2 Å². The van der Waals surface area contributed by atoms with E-state index in [1.807, 2.05) is 12.1 Å². The number of hydrogen-bond acceptors (Lipinski definition) is 3. The largest absolute Gasteiger partial charge is 0.396 e. The van der Waals surface area contributed by atoms with Crippen molar-refractivity contribution in [2.75, 3.05) is 13.2 Å². The van der Waals surface area contributed by atoms with Gasteiger partial charge in [0.15, 0.2) is 0 Å². The molecule has 1 heterocycles. The van der Waals surface area contributed by atoms with Crippen molar-refractivity contribution in [2.45, 2.75) is 39.0 Å². The van der Waals surface area contributed by atoms with Gasteiger partial charge in [0.05, 0.1) is 0 Å². The summed E-state index contributed by atoms with van der Waals surface area (Å²) in [6.45, 7) is 2.98. The number of hydrogen-bond donors (Lipinski definition) is 2. The molecule has 1 unspecified atom stereocenters. The molecule has 4 heteroatoms. The molecule has 0 fully saturated rings. The van der Waals surface area contributed by atoms with Crippen LogP contribution in [0, 0.1) is 5.92 Å². The lowest BCUT2D eigenvalue weighted by molar-refractivity contribution is -0.121. The summed E-state index contributed by atoms with van der Waals surface area (Å²) in [4.78, 5) is 15.8. The van der Waals surface area contributed by atoms with Crippen molar-refractivity contribution in [3.05, 3.63) is 30.1 Å². The molecule has 1 aromatic heterocycles. The second kappa shape index (κ2) is 9.50. The summed E-state index contributed by atoms with van der Waals surface area (Å²) in [6, 6.07) is 3.86. The van der Waals surface area contributed by atoms with Crippen LogP contribution in [0.2, 0.25) is 0 Å². The first-order chi connectivity index (χ1) is 9.26. The molecule has 0 radical (unpaired) electrons. The van der Waals surface area contributed by atoms with Crippen LogP contribution in [0.5, 0.6) is 0 Å². The number of amides is 1. The Morgan fingerprint density at radius 1 is 1.47 bits per heavy atom. The first-order valence-electron chi connectivity index (χ1n) is 7.02. The molecular formula is C15H24N2O2. The van der Waals surface area contributed by atoms with Crippen molar-refractivity contribution >= 4 is 5.91 Å². The molecule has 0 bridgehead atoms. The minimum absolute atomic E-state index is 0.0721. The summed E-state index contributed by atoms with van der Waals surface area (Å²) in [5.41, 5.74) is 1.08. The number of carbonyl (C=O) groups excluding carboxylic acids is 1. The van der Waals surface area contributed by atoms with Gasteiger partial charge in [0.1, 0.15) is 0 Å². The fourth-order valence-corrected chi connectivity index (χ4v) is 2.09. The summed E-state index contributed by atoms with van der Waals surface area (Å²) in [7, 11) is 0. The summed E-state index contributed by atoms with van der Waals surface area (Å²) in [5.74, 6) is 0.459. The van der Waals surface area contributed by atoms with Crippen LogP contribution in [0.1, 0.15) is 38.2 Å². The number of aliphatic hydroxyl groups excluding tert-OH is 1. The van der Waals surface area contributed by atoms with Gasteiger partial charge in [-0.3, -0.25) is 9.78 Å². The Hall–Kier alpha value is -1.42. The molecule has 0 aromatic carbocycles. The zero-order valence-electron chi connectivity index (χ0n) is 11.6. The highest BCUT2D eigenvalue weighted by Gasteiger charge is 2.09. The predicted octanol–water partition coefficient (Wildman–Crippen LogP) is 1.93. The third-order valence-electron chi connectivity index (χ3n) is 3.19. The third-order valence-corrected chi connectivity index (χ3v) is 3.19. The van der Waals surface area contributed by atoms with E-state index in [2.05, 4.69) is 17.2 Å². The Balaban J connectivity index is 2.23. The normalized spacial score (nSPS) is 12.1. The average molecular weight is 264 g/mol. The molecule has 4 nitrogen and oxygen atoms in total. The van der Waals surface area contributed by atoms with Gasteiger partial charge < -0.3 is 10.4 Å². The van der Waals surface area contributed by atoms with Crippen LogP contribution in [0.4, 0.5) is 0 Å². The molecule has 1 amide bonds. The number of aromatic nitrogens is 1. The predicted molar refractivity (Wildman–Crippen MR) is 75.7 cm³/mol. The lowest BCUT2D eigenvalue weighted by atomic mass is 10.00. The summed E-state index contributed by atoms with van der Waals surface area (Å²) < 4.78 is 0. The quantitative estimate of drug-likeness (QED) is 0.716. The van der Waals surface area contributed by atoms with E-state index in [4.69, 9.17) is 5.11 Å². The minimum atomic E-state index is 0.0721. The van der Waals surface area contributed by atoms with E-state index in [-0.39, 0.29) is 12.5 Å². The van der Waals surface area contributed by atoms with Crippen LogP contribution in [0.15, 0.2) is 24.5 Å². The van der Waals surface area contributed by atoms with Gasteiger partial charge in [-0.25, -0.2) is 0 Å². The van der Waals surface area contributed by atoms with E-state index in [0.29, 0.717) is 18.9 Å². The highest BCUT2D eigenvalue weighted by atomic mass is 16.3. The van der Waals surface area contributed by atoms with E-state index in [1.54, 1.807) is 12.4 Å². The van der Waals surface area contributed by atoms with Gasteiger partial charge in [-0.15, -0.1) is 0 Å². The number of nitrogens with zero attached hydrogens (tertiary/aromatic N) is 1. The lowest BCUT2D eigenvalue weighted by Crippen LogP contribution is -2.29. The van der Waals surface area contributed by atoms with Crippen LogP contribution in [0.3, 0.4) is 0 Å². The number of aryl methyl sites for hydroxylation is 1. The first-order valence-corrected chi connectivity index (χ1v) is 7.02. The molecule has 1 atom stereocenters. The van der Waals surface area contributed by atoms with Crippen LogP contribution in [-0.4, -0.2) is 29.1 Å². The fraction of sp³-hybridized carbons (Fsp3) is 0.600. The van der Waals surface area contributed by atoms with Crippen LogP contribution >= 0.6 is 0 Å². The Bertz CT molecular complexity index is 348. The first kappa shape index (κ1) is 15.6. The van der Waals surface area contributed by atoms with Crippen molar-refractivity contribution in [3.63, 3.8) is 0 Å². The maximum absolute atomic E-state index is 11.7. The van der Waals surface area contributed by atoms with Crippen LogP contribution < -0.4 is 5.32 Å². The van der Waals surface area contributed by atoms with Gasteiger partial charge in [0, 0.05) is 32.0 Å². The number of rotatable bonds is 9. The molecule has 0 aliphatic carbocycles. The number of nitrogens with one attached hydrogen (secondary N) is 1. The second-order valence-electron chi connectivity index (χ2n) is 4.83. The lowest BCUT2D eigenvalue weighted by Gasteiger charge is -2.15. The van der Waals surface area contributed by atoms with Crippen molar-refractivity contribution in [2.24, 2.45) is 5.92 Å². The molecule has 106 valence electrons. The van der Waals surface area contributed by atoms with E-state index in [9.17, 15) is 4.79 Å². The monoisotopic (exact) mass is 264 g/mol. The highest BCUT2D eigenvalue weighted by molar-refractivity contribution is 5.76. The maximum atomic E-state index is 11.7. The fourth-order valence-electron chi connectivity index (χ4n) is 2.09. The molecule has 1 rings (SSSR count). The zero-order chi connectivity index (χ0) is 13.9. The smallest absolute Gasteiger partial charge is 0.220 e. The summed E-state index contributed by atoms with van der Waals surface area (Å²) in [5, 5.41) is 11.9. The van der Waals surface area contributed by atoms with Crippen molar-refractivity contribution < 1.29 is 9.90 Å². The van der Waals surface area contributed by atoms with Gasteiger partial charge >= 0.3 is 0 Å². The average Bonchev–Trinajstić information content (AvgIpc) is 2.44.